The summed E-state index contributed by atoms with van der Waals surface area (Å²) in [6.07, 6.45) is 4.34. The van der Waals surface area contributed by atoms with Crippen molar-refractivity contribution in [2.75, 3.05) is 30.3 Å². The summed E-state index contributed by atoms with van der Waals surface area (Å²) in [5.74, 6) is -0.906. The zero-order valence-electron chi connectivity index (χ0n) is 18.4. The quantitative estimate of drug-likeness (QED) is 0.317. The highest BCUT2D eigenvalue weighted by atomic mass is 79.9. The van der Waals surface area contributed by atoms with Gasteiger partial charge in [0.2, 0.25) is 11.7 Å². The third-order valence-corrected chi connectivity index (χ3v) is 6.58. The lowest BCUT2D eigenvalue weighted by molar-refractivity contribution is -0.117. The Morgan fingerprint density at radius 2 is 1.91 bits per heavy atom. The van der Waals surface area contributed by atoms with E-state index < -0.39 is 5.82 Å². The number of ketones is 1. The van der Waals surface area contributed by atoms with Crippen LogP contribution in [0.3, 0.4) is 0 Å². The Balaban J connectivity index is 1.22. The van der Waals surface area contributed by atoms with Gasteiger partial charge in [0, 0.05) is 30.8 Å². The molecule has 2 heterocycles. The average Bonchev–Trinajstić information content (AvgIpc) is 3.58. The van der Waals surface area contributed by atoms with Crippen LogP contribution in [0.15, 0.2) is 41.0 Å². The Bertz CT molecular complexity index is 1080. The van der Waals surface area contributed by atoms with Gasteiger partial charge in [-0.2, -0.15) is 0 Å². The summed E-state index contributed by atoms with van der Waals surface area (Å²) in [4.78, 5) is 31.1. The van der Waals surface area contributed by atoms with Crippen LogP contribution in [-0.4, -0.2) is 52.8 Å². The first kappa shape index (κ1) is 24.1. The SMILES string of the molecule is N=C(Nc1ccc(F)c(Br)c1)C(=O)C1CCN(C(=O)Nc2ccc(OCC3(N)CC3)nc2)CC1. The smallest absolute Gasteiger partial charge is 0.321 e. The monoisotopic (exact) mass is 532 g/mol. The molecule has 1 saturated carbocycles. The molecular formula is C23H26BrFN6O3. The maximum absolute atomic E-state index is 13.4. The van der Waals surface area contributed by atoms with Crippen molar-refractivity contribution in [2.24, 2.45) is 11.7 Å². The summed E-state index contributed by atoms with van der Waals surface area (Å²) in [6.45, 7) is 1.21. The van der Waals surface area contributed by atoms with Gasteiger partial charge in [0.15, 0.2) is 5.84 Å². The third-order valence-electron chi connectivity index (χ3n) is 5.98. The summed E-state index contributed by atoms with van der Waals surface area (Å²) in [5.41, 5.74) is 6.76. The van der Waals surface area contributed by atoms with Crippen molar-refractivity contribution < 1.29 is 18.7 Å². The normalized spacial score (nSPS) is 17.1. The van der Waals surface area contributed by atoms with E-state index in [1.54, 1.807) is 17.0 Å². The molecule has 0 bridgehead atoms. The van der Waals surface area contributed by atoms with Crippen molar-refractivity contribution in [3.63, 3.8) is 0 Å². The highest BCUT2D eigenvalue weighted by Crippen LogP contribution is 2.32. The molecule has 2 aliphatic rings. The molecule has 4 rings (SSSR count). The molecule has 180 valence electrons. The topological polar surface area (TPSA) is 133 Å². The maximum Gasteiger partial charge on any atom is 0.321 e. The molecule has 1 aromatic carbocycles. The summed E-state index contributed by atoms with van der Waals surface area (Å²) in [6, 6.07) is 7.31. The minimum absolute atomic E-state index is 0.227. The Morgan fingerprint density at radius 3 is 2.53 bits per heavy atom. The Kier molecular flexibility index (Phi) is 7.13. The summed E-state index contributed by atoms with van der Waals surface area (Å²) < 4.78 is 19.2. The van der Waals surface area contributed by atoms with Gasteiger partial charge in [-0.15, -0.1) is 0 Å². The first-order chi connectivity index (χ1) is 16.2. The maximum atomic E-state index is 13.4. The Labute approximate surface area is 204 Å². The van der Waals surface area contributed by atoms with Crippen LogP contribution in [0.5, 0.6) is 5.88 Å². The molecule has 1 saturated heterocycles. The number of pyridine rings is 1. The molecule has 0 spiro atoms. The Hall–Kier alpha value is -3.05. The fraction of sp³-hybridized carbons (Fsp3) is 0.391. The van der Waals surface area contributed by atoms with E-state index in [0.29, 0.717) is 49.8 Å². The number of nitrogens with zero attached hydrogens (tertiary/aromatic N) is 2. The Morgan fingerprint density at radius 1 is 1.21 bits per heavy atom. The van der Waals surface area contributed by atoms with Gasteiger partial charge >= 0.3 is 6.03 Å². The molecule has 0 atom stereocenters. The number of anilines is 2. The van der Waals surface area contributed by atoms with Gasteiger partial charge < -0.3 is 26.0 Å². The van der Waals surface area contributed by atoms with E-state index in [-0.39, 0.29) is 33.6 Å². The van der Waals surface area contributed by atoms with Crippen LogP contribution in [0, 0.1) is 17.1 Å². The molecular weight excluding hydrogens is 507 g/mol. The largest absolute Gasteiger partial charge is 0.476 e. The second-order valence-electron chi connectivity index (χ2n) is 8.72. The van der Waals surface area contributed by atoms with E-state index in [0.717, 1.165) is 12.8 Å². The lowest BCUT2D eigenvalue weighted by Gasteiger charge is -2.31. The number of rotatable bonds is 7. The van der Waals surface area contributed by atoms with Gasteiger partial charge in [0.25, 0.3) is 0 Å². The highest BCUT2D eigenvalue weighted by Gasteiger charge is 2.39. The van der Waals surface area contributed by atoms with Crippen molar-refractivity contribution in [2.45, 2.75) is 31.2 Å². The number of urea groups is 1. The molecule has 1 aliphatic heterocycles. The molecule has 5 N–H and O–H groups in total. The third kappa shape index (κ3) is 6.09. The number of hydrogen-bond donors (Lipinski definition) is 4. The van der Waals surface area contributed by atoms with Crippen LogP contribution < -0.4 is 21.1 Å². The van der Waals surface area contributed by atoms with Crippen molar-refractivity contribution >= 4 is 45.0 Å². The lowest BCUT2D eigenvalue weighted by atomic mass is 9.92. The number of ether oxygens (including phenoxy) is 1. The van der Waals surface area contributed by atoms with Crippen LogP contribution in [-0.2, 0) is 4.79 Å². The van der Waals surface area contributed by atoms with Crippen LogP contribution in [0.4, 0.5) is 20.6 Å². The predicted octanol–water partition coefficient (Wildman–Crippen LogP) is 3.76. The second-order valence-corrected chi connectivity index (χ2v) is 9.58. The zero-order valence-corrected chi connectivity index (χ0v) is 20.0. The number of likely N-dealkylation sites (tertiary alicyclic amines) is 1. The first-order valence-electron chi connectivity index (χ1n) is 11.0. The molecule has 2 amide bonds. The van der Waals surface area contributed by atoms with E-state index in [1.807, 2.05) is 0 Å². The predicted molar refractivity (Wildman–Crippen MR) is 130 cm³/mol. The van der Waals surface area contributed by atoms with E-state index in [9.17, 15) is 14.0 Å². The average molecular weight is 533 g/mol. The molecule has 11 heteroatoms. The van der Waals surface area contributed by atoms with Gasteiger partial charge in [-0.05, 0) is 65.9 Å². The number of hydrogen-bond acceptors (Lipinski definition) is 6. The standard InChI is InChI=1S/C23H26BrFN6O3/c24-17-11-15(1-3-18(17)25)29-21(26)20(32)14-5-9-31(10-6-14)22(33)30-16-2-4-19(28-12-16)34-13-23(27)7-8-23/h1-4,11-12,14H,5-10,13,27H2,(H2,26,29)(H,30,33). The molecule has 0 radical (unpaired) electrons. The first-order valence-corrected chi connectivity index (χ1v) is 11.8. The number of Topliss-reactive ketones (excluding diaryl/α,β-unsaturated/α-hetero) is 1. The fourth-order valence-electron chi connectivity index (χ4n) is 3.59. The molecule has 34 heavy (non-hydrogen) atoms. The molecule has 0 unspecified atom stereocenters. The van der Waals surface area contributed by atoms with E-state index >= 15 is 0 Å². The number of halogens is 2. The number of aromatic nitrogens is 1. The van der Waals surface area contributed by atoms with Crippen LogP contribution in [0.2, 0.25) is 0 Å². The second kappa shape index (κ2) is 10.1. The number of nitrogens with two attached hydrogens (primary N) is 1. The number of benzene rings is 1. The molecule has 1 aliphatic carbocycles. The fourth-order valence-corrected chi connectivity index (χ4v) is 3.97. The number of carbonyl (C=O) groups excluding carboxylic acids is 2. The minimum Gasteiger partial charge on any atom is -0.476 e. The lowest BCUT2D eigenvalue weighted by Crippen LogP contribution is -2.44. The summed E-state index contributed by atoms with van der Waals surface area (Å²) >= 11 is 3.08. The summed E-state index contributed by atoms with van der Waals surface area (Å²) in [7, 11) is 0. The molecule has 2 aromatic rings. The van der Waals surface area contributed by atoms with Crippen LogP contribution >= 0.6 is 15.9 Å². The van der Waals surface area contributed by atoms with E-state index in [2.05, 4.69) is 31.5 Å². The van der Waals surface area contributed by atoms with Gasteiger partial charge in [0.05, 0.1) is 21.9 Å². The molecule has 2 fully saturated rings. The van der Waals surface area contributed by atoms with Gasteiger partial charge in [0.1, 0.15) is 12.4 Å². The van der Waals surface area contributed by atoms with Crippen molar-refractivity contribution in [3.8, 4) is 5.88 Å². The number of nitrogens with one attached hydrogen (secondary N) is 3. The van der Waals surface area contributed by atoms with E-state index in [4.69, 9.17) is 15.9 Å². The van der Waals surface area contributed by atoms with Crippen LogP contribution in [0.1, 0.15) is 25.7 Å². The van der Waals surface area contributed by atoms with Crippen molar-refractivity contribution in [1.29, 1.82) is 5.41 Å². The summed E-state index contributed by atoms with van der Waals surface area (Å²) in [5, 5.41) is 13.6. The van der Waals surface area contributed by atoms with Gasteiger partial charge in [-0.1, -0.05) is 0 Å². The van der Waals surface area contributed by atoms with Gasteiger partial charge in [-0.25, -0.2) is 14.2 Å². The highest BCUT2D eigenvalue weighted by molar-refractivity contribution is 9.10. The molecule has 9 nitrogen and oxygen atoms in total. The van der Waals surface area contributed by atoms with Gasteiger partial charge in [-0.3, -0.25) is 10.2 Å². The number of piperidine rings is 1. The van der Waals surface area contributed by atoms with E-state index in [1.165, 1.54) is 24.4 Å². The number of carbonyl (C=O) groups is 2. The molecule has 1 aromatic heterocycles. The zero-order chi connectivity index (χ0) is 24.3. The van der Waals surface area contributed by atoms with Crippen molar-refractivity contribution in [1.82, 2.24) is 9.88 Å². The van der Waals surface area contributed by atoms with Crippen molar-refractivity contribution in [3.05, 3.63) is 46.8 Å². The minimum atomic E-state index is -0.424. The number of amidine groups is 1. The van der Waals surface area contributed by atoms with Crippen LogP contribution in [0.25, 0.3) is 0 Å². The number of amides is 2.